The van der Waals surface area contributed by atoms with E-state index >= 15 is 0 Å². The van der Waals surface area contributed by atoms with E-state index in [0.29, 0.717) is 17.9 Å². The molecule has 19 heavy (non-hydrogen) atoms. The maximum absolute atomic E-state index is 13.9. The van der Waals surface area contributed by atoms with E-state index in [4.69, 9.17) is 4.74 Å². The number of ether oxygens (including phenoxy) is 1. The van der Waals surface area contributed by atoms with Crippen molar-refractivity contribution < 1.29 is 13.5 Å². The van der Waals surface area contributed by atoms with Crippen molar-refractivity contribution in [3.05, 3.63) is 47.2 Å². The summed E-state index contributed by atoms with van der Waals surface area (Å²) in [7, 11) is 0. The van der Waals surface area contributed by atoms with Crippen LogP contribution in [0.5, 0.6) is 0 Å². The van der Waals surface area contributed by atoms with Gasteiger partial charge in [-0.1, -0.05) is 19.1 Å². The van der Waals surface area contributed by atoms with Crippen molar-refractivity contribution in [2.45, 2.75) is 32.2 Å². The van der Waals surface area contributed by atoms with E-state index in [1.165, 1.54) is 6.07 Å². The summed E-state index contributed by atoms with van der Waals surface area (Å²) in [5, 5.41) is 3.22. The van der Waals surface area contributed by atoms with Gasteiger partial charge >= 0.3 is 0 Å². The van der Waals surface area contributed by atoms with E-state index in [-0.39, 0.29) is 0 Å². The standard InChI is InChI=1S/C15H19F2NO/c1-2-9-18-15(13-8-3-4-10-19-13)11-6-5-7-12(16)14(11)17/h5-8,15,18H,2-4,9-10H2,1H3. The third kappa shape index (κ3) is 3.32. The molecule has 0 aromatic heterocycles. The molecule has 4 heteroatoms. The van der Waals surface area contributed by atoms with Crippen molar-refractivity contribution in [3.8, 4) is 0 Å². The van der Waals surface area contributed by atoms with Gasteiger partial charge in [0.1, 0.15) is 5.76 Å². The van der Waals surface area contributed by atoms with Gasteiger partial charge in [0.15, 0.2) is 11.6 Å². The first-order valence-corrected chi connectivity index (χ1v) is 6.74. The zero-order valence-electron chi connectivity index (χ0n) is 11.1. The highest BCUT2D eigenvalue weighted by Gasteiger charge is 2.23. The monoisotopic (exact) mass is 267 g/mol. The third-order valence-electron chi connectivity index (χ3n) is 3.14. The van der Waals surface area contributed by atoms with Gasteiger partial charge in [0.25, 0.3) is 0 Å². The molecule has 1 unspecified atom stereocenters. The van der Waals surface area contributed by atoms with Crippen molar-refractivity contribution in [1.82, 2.24) is 5.32 Å². The molecule has 0 saturated heterocycles. The molecule has 1 aromatic carbocycles. The number of hydrogen-bond acceptors (Lipinski definition) is 2. The zero-order chi connectivity index (χ0) is 13.7. The molecule has 0 fully saturated rings. The Morgan fingerprint density at radius 3 is 2.89 bits per heavy atom. The molecule has 104 valence electrons. The fourth-order valence-electron chi connectivity index (χ4n) is 2.17. The Labute approximate surface area is 112 Å². The molecular weight excluding hydrogens is 248 g/mol. The van der Waals surface area contributed by atoms with Gasteiger partial charge in [-0.2, -0.15) is 0 Å². The highest BCUT2D eigenvalue weighted by Crippen LogP contribution is 2.28. The van der Waals surface area contributed by atoms with E-state index in [1.54, 1.807) is 6.07 Å². The Morgan fingerprint density at radius 1 is 1.37 bits per heavy atom. The van der Waals surface area contributed by atoms with Crippen LogP contribution in [0.4, 0.5) is 8.78 Å². The van der Waals surface area contributed by atoms with Gasteiger partial charge < -0.3 is 10.1 Å². The average Bonchev–Trinajstić information content (AvgIpc) is 2.45. The van der Waals surface area contributed by atoms with Crippen LogP contribution in [0.15, 0.2) is 30.0 Å². The van der Waals surface area contributed by atoms with Crippen LogP contribution in [0.2, 0.25) is 0 Å². The summed E-state index contributed by atoms with van der Waals surface area (Å²) in [6, 6.07) is 3.85. The summed E-state index contributed by atoms with van der Waals surface area (Å²) in [6.07, 6.45) is 4.76. The third-order valence-corrected chi connectivity index (χ3v) is 3.14. The summed E-state index contributed by atoms with van der Waals surface area (Å²) < 4.78 is 32.9. The van der Waals surface area contributed by atoms with E-state index in [0.717, 1.165) is 31.9 Å². The topological polar surface area (TPSA) is 21.3 Å². The van der Waals surface area contributed by atoms with Crippen molar-refractivity contribution in [2.75, 3.05) is 13.2 Å². The van der Waals surface area contributed by atoms with Crippen LogP contribution in [0, 0.1) is 11.6 Å². The van der Waals surface area contributed by atoms with Crippen LogP contribution in [-0.4, -0.2) is 13.2 Å². The fraction of sp³-hybridized carbons (Fsp3) is 0.467. The predicted molar refractivity (Wildman–Crippen MR) is 70.7 cm³/mol. The summed E-state index contributed by atoms with van der Waals surface area (Å²) >= 11 is 0. The quantitative estimate of drug-likeness (QED) is 0.878. The van der Waals surface area contributed by atoms with Crippen molar-refractivity contribution >= 4 is 0 Å². The number of halogens is 2. The van der Waals surface area contributed by atoms with Crippen LogP contribution >= 0.6 is 0 Å². The van der Waals surface area contributed by atoms with E-state index in [1.807, 2.05) is 13.0 Å². The lowest BCUT2D eigenvalue weighted by molar-refractivity contribution is 0.166. The molecule has 1 aromatic rings. The molecule has 1 N–H and O–H groups in total. The summed E-state index contributed by atoms with van der Waals surface area (Å²) in [6.45, 7) is 3.39. The molecule has 1 heterocycles. The lowest BCUT2D eigenvalue weighted by atomic mass is 10.0. The van der Waals surface area contributed by atoms with Crippen molar-refractivity contribution in [1.29, 1.82) is 0 Å². The molecule has 0 saturated carbocycles. The van der Waals surface area contributed by atoms with Gasteiger partial charge in [-0.3, -0.25) is 0 Å². The summed E-state index contributed by atoms with van der Waals surface area (Å²) in [5.74, 6) is -0.924. The first-order chi connectivity index (χ1) is 9.24. The molecule has 0 aliphatic carbocycles. The highest BCUT2D eigenvalue weighted by molar-refractivity contribution is 5.28. The largest absolute Gasteiger partial charge is 0.496 e. The average molecular weight is 267 g/mol. The number of rotatable bonds is 5. The zero-order valence-corrected chi connectivity index (χ0v) is 11.1. The van der Waals surface area contributed by atoms with Crippen LogP contribution in [-0.2, 0) is 4.74 Å². The number of hydrogen-bond donors (Lipinski definition) is 1. The van der Waals surface area contributed by atoms with Crippen LogP contribution in [0.3, 0.4) is 0 Å². The molecule has 1 aliphatic heterocycles. The molecule has 0 bridgehead atoms. The molecule has 0 spiro atoms. The van der Waals surface area contributed by atoms with Gasteiger partial charge in [0.05, 0.1) is 12.6 Å². The molecule has 0 amide bonds. The Bertz CT molecular complexity index is 459. The van der Waals surface area contributed by atoms with E-state index in [9.17, 15) is 8.78 Å². The minimum Gasteiger partial charge on any atom is -0.496 e. The molecule has 2 nitrogen and oxygen atoms in total. The summed E-state index contributed by atoms with van der Waals surface area (Å²) in [4.78, 5) is 0. The lowest BCUT2D eigenvalue weighted by Crippen LogP contribution is -2.27. The van der Waals surface area contributed by atoms with Gasteiger partial charge in [0.2, 0.25) is 0 Å². The minimum absolute atomic E-state index is 0.307. The smallest absolute Gasteiger partial charge is 0.164 e. The lowest BCUT2D eigenvalue weighted by Gasteiger charge is -2.25. The number of benzene rings is 1. The first kappa shape index (κ1) is 14.0. The van der Waals surface area contributed by atoms with Gasteiger partial charge in [-0.25, -0.2) is 8.78 Å². The minimum atomic E-state index is -0.822. The van der Waals surface area contributed by atoms with E-state index in [2.05, 4.69) is 5.32 Å². The molecule has 1 atom stereocenters. The van der Waals surface area contributed by atoms with Crippen molar-refractivity contribution in [3.63, 3.8) is 0 Å². The van der Waals surface area contributed by atoms with Gasteiger partial charge in [-0.05, 0) is 37.9 Å². The summed E-state index contributed by atoms with van der Waals surface area (Å²) in [5.41, 5.74) is 0.307. The first-order valence-electron chi connectivity index (χ1n) is 6.74. The normalized spacial score (nSPS) is 16.7. The Hall–Kier alpha value is -1.42. The predicted octanol–water partition coefficient (Wildman–Crippen LogP) is 3.70. The fourth-order valence-corrected chi connectivity index (χ4v) is 2.17. The molecule has 1 aliphatic rings. The number of nitrogens with one attached hydrogen (secondary N) is 1. The molecular formula is C15H19F2NO. The molecule has 0 radical (unpaired) electrons. The maximum Gasteiger partial charge on any atom is 0.164 e. The van der Waals surface area contributed by atoms with Crippen LogP contribution in [0.25, 0.3) is 0 Å². The van der Waals surface area contributed by atoms with Gasteiger partial charge in [-0.15, -0.1) is 0 Å². The Morgan fingerprint density at radius 2 is 2.21 bits per heavy atom. The van der Waals surface area contributed by atoms with Crippen LogP contribution < -0.4 is 5.32 Å². The van der Waals surface area contributed by atoms with Crippen LogP contribution in [0.1, 0.15) is 37.8 Å². The highest BCUT2D eigenvalue weighted by atomic mass is 19.2. The van der Waals surface area contributed by atoms with Crippen molar-refractivity contribution in [2.24, 2.45) is 0 Å². The second-order valence-electron chi connectivity index (χ2n) is 4.63. The number of allylic oxidation sites excluding steroid dienone is 1. The molecule has 2 rings (SSSR count). The maximum atomic E-state index is 13.9. The second kappa shape index (κ2) is 6.66. The second-order valence-corrected chi connectivity index (χ2v) is 4.63. The SMILES string of the molecule is CCCNC(C1=CCCCO1)c1cccc(F)c1F. The Kier molecular flexibility index (Phi) is 4.91. The van der Waals surface area contributed by atoms with Gasteiger partial charge in [0, 0.05) is 5.56 Å². The van der Waals surface area contributed by atoms with E-state index < -0.39 is 17.7 Å². The Balaban J connectivity index is 2.30.